The summed E-state index contributed by atoms with van der Waals surface area (Å²) in [6, 6.07) is 15.3. The van der Waals surface area contributed by atoms with Gasteiger partial charge in [0.1, 0.15) is 18.1 Å². The monoisotopic (exact) mass is 546 g/mol. The predicted octanol–water partition coefficient (Wildman–Crippen LogP) is 4.89. The summed E-state index contributed by atoms with van der Waals surface area (Å²) in [5, 5.41) is 1.39. The number of hydrogen-bond donors (Lipinski definition) is 1. The number of thioether (sulfide) groups is 1. The standard InChI is InChI=1S/C26H21F3N2O6S/c27-26(28,29)37-21-9-5-17(6-10-21)19(15-36-24(33)18-2-1-11-30-13-18)14-35-20-7-3-16(4-8-20)12-22-23(32)31-25(34)38-22/h1-11,13,19,22H,12,14-15H2,(H,31,32,34)/t19-,22?/m0/s1. The lowest BCUT2D eigenvalue weighted by atomic mass is 10.0. The Kier molecular flexibility index (Phi) is 8.52. The molecule has 1 aliphatic heterocycles. The molecule has 12 heteroatoms. The molecule has 1 unspecified atom stereocenters. The van der Waals surface area contributed by atoms with Crippen molar-refractivity contribution in [3.8, 4) is 11.5 Å². The van der Waals surface area contributed by atoms with E-state index in [1.165, 1.54) is 36.7 Å². The lowest BCUT2D eigenvalue weighted by Crippen LogP contribution is -2.25. The number of amides is 2. The Morgan fingerprint density at radius 2 is 1.71 bits per heavy atom. The number of rotatable bonds is 10. The number of hydrogen-bond acceptors (Lipinski definition) is 8. The molecule has 38 heavy (non-hydrogen) atoms. The highest BCUT2D eigenvalue weighted by molar-refractivity contribution is 8.15. The number of carbonyl (C=O) groups is 3. The van der Waals surface area contributed by atoms with Gasteiger partial charge in [-0.25, -0.2) is 4.79 Å². The first-order valence-electron chi connectivity index (χ1n) is 11.3. The van der Waals surface area contributed by atoms with E-state index in [4.69, 9.17) is 9.47 Å². The van der Waals surface area contributed by atoms with Crippen molar-refractivity contribution >= 4 is 28.9 Å². The number of ether oxygens (including phenoxy) is 3. The second-order valence-corrected chi connectivity index (χ2v) is 9.37. The van der Waals surface area contributed by atoms with Crippen molar-refractivity contribution in [1.29, 1.82) is 0 Å². The van der Waals surface area contributed by atoms with E-state index in [1.54, 1.807) is 36.4 Å². The molecule has 2 amide bonds. The molecule has 1 aromatic heterocycles. The summed E-state index contributed by atoms with van der Waals surface area (Å²) in [4.78, 5) is 39.4. The molecule has 1 aliphatic rings. The maximum atomic E-state index is 12.5. The van der Waals surface area contributed by atoms with Crippen LogP contribution in [0.3, 0.4) is 0 Å². The number of pyridine rings is 1. The lowest BCUT2D eigenvalue weighted by molar-refractivity contribution is -0.274. The van der Waals surface area contributed by atoms with Crippen molar-refractivity contribution in [2.75, 3.05) is 13.2 Å². The molecule has 0 saturated carbocycles. The van der Waals surface area contributed by atoms with E-state index in [9.17, 15) is 27.6 Å². The summed E-state index contributed by atoms with van der Waals surface area (Å²) in [6.07, 6.45) is -1.56. The molecular formula is C26H21F3N2O6S. The highest BCUT2D eigenvalue weighted by Gasteiger charge is 2.32. The van der Waals surface area contributed by atoms with Gasteiger partial charge in [-0.05, 0) is 53.9 Å². The molecule has 0 radical (unpaired) electrons. The molecule has 2 atom stereocenters. The Labute approximate surface area is 219 Å². The third-order valence-corrected chi connectivity index (χ3v) is 6.44. The number of imide groups is 1. The molecule has 3 aromatic rings. The van der Waals surface area contributed by atoms with E-state index in [1.807, 2.05) is 0 Å². The maximum absolute atomic E-state index is 12.5. The van der Waals surface area contributed by atoms with E-state index < -0.39 is 23.5 Å². The van der Waals surface area contributed by atoms with Crippen LogP contribution >= 0.6 is 11.8 Å². The van der Waals surface area contributed by atoms with Crippen molar-refractivity contribution in [3.63, 3.8) is 0 Å². The third-order valence-electron chi connectivity index (χ3n) is 5.46. The van der Waals surface area contributed by atoms with Gasteiger partial charge >= 0.3 is 12.3 Å². The number of alkyl halides is 3. The number of aromatic nitrogens is 1. The first kappa shape index (κ1) is 27.0. The zero-order chi connectivity index (χ0) is 27.1. The second-order valence-electron chi connectivity index (χ2n) is 8.20. The van der Waals surface area contributed by atoms with Crippen LogP contribution in [0.2, 0.25) is 0 Å². The second kappa shape index (κ2) is 12.0. The molecule has 0 bridgehead atoms. The maximum Gasteiger partial charge on any atom is 0.573 e. The van der Waals surface area contributed by atoms with Crippen LogP contribution in [0.15, 0.2) is 73.1 Å². The van der Waals surface area contributed by atoms with Gasteiger partial charge in [0.05, 0.1) is 23.3 Å². The minimum atomic E-state index is -4.81. The lowest BCUT2D eigenvalue weighted by Gasteiger charge is -2.19. The summed E-state index contributed by atoms with van der Waals surface area (Å²) in [7, 11) is 0. The van der Waals surface area contributed by atoms with E-state index in [0.29, 0.717) is 17.7 Å². The van der Waals surface area contributed by atoms with Crippen molar-refractivity contribution in [2.24, 2.45) is 0 Å². The zero-order valence-corrected chi connectivity index (χ0v) is 20.5. The van der Waals surface area contributed by atoms with Crippen LogP contribution in [0.5, 0.6) is 11.5 Å². The van der Waals surface area contributed by atoms with Crippen LogP contribution in [0, 0.1) is 0 Å². The normalized spacial score (nSPS) is 16.0. The number of esters is 1. The van der Waals surface area contributed by atoms with Crippen LogP contribution < -0.4 is 14.8 Å². The van der Waals surface area contributed by atoms with Gasteiger partial charge in [-0.15, -0.1) is 13.2 Å². The molecule has 1 saturated heterocycles. The van der Waals surface area contributed by atoms with Gasteiger partial charge in [0, 0.05) is 12.4 Å². The molecule has 2 heterocycles. The quantitative estimate of drug-likeness (QED) is 0.359. The minimum absolute atomic E-state index is 0.0501. The van der Waals surface area contributed by atoms with Crippen LogP contribution in [0.1, 0.15) is 27.4 Å². The van der Waals surface area contributed by atoms with Crippen molar-refractivity contribution in [1.82, 2.24) is 10.3 Å². The Morgan fingerprint density at radius 1 is 1.00 bits per heavy atom. The molecule has 1 N–H and O–H groups in total. The number of carbonyl (C=O) groups excluding carboxylic acids is 3. The number of benzene rings is 2. The number of nitrogens with one attached hydrogen (secondary N) is 1. The predicted molar refractivity (Wildman–Crippen MR) is 131 cm³/mol. The Morgan fingerprint density at radius 3 is 2.32 bits per heavy atom. The van der Waals surface area contributed by atoms with Gasteiger partial charge in [0.2, 0.25) is 5.91 Å². The number of nitrogens with zero attached hydrogens (tertiary/aromatic N) is 1. The van der Waals surface area contributed by atoms with Gasteiger partial charge in [0.25, 0.3) is 5.24 Å². The first-order valence-corrected chi connectivity index (χ1v) is 12.2. The Hall–Kier alpha value is -4.06. The summed E-state index contributed by atoms with van der Waals surface area (Å²) >= 11 is 0.947. The molecule has 2 aromatic carbocycles. The molecule has 0 aliphatic carbocycles. The fourth-order valence-electron chi connectivity index (χ4n) is 3.59. The molecule has 1 fully saturated rings. The summed E-state index contributed by atoms with van der Waals surface area (Å²) in [5.74, 6) is -1.32. The molecule has 198 valence electrons. The summed E-state index contributed by atoms with van der Waals surface area (Å²) < 4.78 is 52.8. The van der Waals surface area contributed by atoms with E-state index >= 15 is 0 Å². The largest absolute Gasteiger partial charge is 0.573 e. The van der Waals surface area contributed by atoms with E-state index in [0.717, 1.165) is 17.3 Å². The molecule has 4 rings (SSSR count). The van der Waals surface area contributed by atoms with E-state index in [2.05, 4.69) is 15.0 Å². The van der Waals surface area contributed by atoms with Crippen LogP contribution in [0.4, 0.5) is 18.0 Å². The summed E-state index contributed by atoms with van der Waals surface area (Å²) in [6.45, 7) is -0.0537. The van der Waals surface area contributed by atoms with Crippen molar-refractivity contribution in [2.45, 2.75) is 24.0 Å². The average Bonchev–Trinajstić information content (AvgIpc) is 3.21. The number of halogens is 3. The van der Waals surface area contributed by atoms with Crippen LogP contribution in [0.25, 0.3) is 0 Å². The highest BCUT2D eigenvalue weighted by atomic mass is 32.2. The smallest absolute Gasteiger partial charge is 0.493 e. The first-order chi connectivity index (χ1) is 18.2. The Bertz CT molecular complexity index is 1270. The van der Waals surface area contributed by atoms with Gasteiger partial charge in [-0.2, -0.15) is 0 Å². The minimum Gasteiger partial charge on any atom is -0.493 e. The van der Waals surface area contributed by atoms with Crippen molar-refractivity contribution in [3.05, 3.63) is 89.7 Å². The molecular weight excluding hydrogens is 525 g/mol. The third kappa shape index (κ3) is 7.72. The molecule has 8 nitrogen and oxygen atoms in total. The van der Waals surface area contributed by atoms with Gasteiger partial charge < -0.3 is 14.2 Å². The topological polar surface area (TPSA) is 104 Å². The average molecular weight is 547 g/mol. The Balaban J connectivity index is 1.41. The molecule has 0 spiro atoms. The van der Waals surface area contributed by atoms with Gasteiger partial charge in [0.15, 0.2) is 0 Å². The van der Waals surface area contributed by atoms with Crippen molar-refractivity contribution < 1.29 is 41.8 Å². The summed E-state index contributed by atoms with van der Waals surface area (Å²) in [5.41, 5.74) is 1.67. The SMILES string of the molecule is O=C1NC(=O)C(Cc2ccc(OC[C@@H](COC(=O)c3cccnc3)c3ccc(OC(F)(F)F)cc3)cc2)S1. The highest BCUT2D eigenvalue weighted by Crippen LogP contribution is 2.27. The van der Waals surface area contributed by atoms with Gasteiger partial charge in [-0.1, -0.05) is 36.0 Å². The van der Waals surface area contributed by atoms with E-state index in [-0.39, 0.29) is 35.7 Å². The van der Waals surface area contributed by atoms with Gasteiger partial charge in [-0.3, -0.25) is 19.9 Å². The fourth-order valence-corrected chi connectivity index (χ4v) is 4.45. The van der Waals surface area contributed by atoms with Crippen LogP contribution in [-0.4, -0.2) is 46.9 Å². The van der Waals surface area contributed by atoms with Crippen LogP contribution in [-0.2, 0) is 16.0 Å². The fraction of sp³-hybridized carbons (Fsp3) is 0.231. The zero-order valence-electron chi connectivity index (χ0n) is 19.6.